The standard InChI is InChI=1S/C26H31N7O/c1-17-12-32(24-6-5-19(10-27)26-22(24)4-3-8-29-26)16-21(34-17)15-31-13-20(14-31)33-25-7-9-28-11-23(25)18(2)30-33/h3-6,8,17,20-21,28H,7,9,11-16H2,1-2H3/t17-,21+/m1/s1. The number of nitriles is 1. The Kier molecular flexibility index (Phi) is 5.48. The molecule has 1 N–H and O–H groups in total. The Hall–Kier alpha value is -2.99. The van der Waals surface area contributed by atoms with Gasteiger partial charge in [0, 0.05) is 80.8 Å². The highest BCUT2D eigenvalue weighted by Crippen LogP contribution is 2.32. The van der Waals surface area contributed by atoms with Crippen LogP contribution in [0.25, 0.3) is 10.9 Å². The second kappa shape index (κ2) is 8.66. The van der Waals surface area contributed by atoms with E-state index in [4.69, 9.17) is 9.84 Å². The molecule has 8 nitrogen and oxygen atoms in total. The summed E-state index contributed by atoms with van der Waals surface area (Å²) >= 11 is 0. The van der Waals surface area contributed by atoms with Crippen LogP contribution in [0, 0.1) is 18.3 Å². The molecule has 8 heteroatoms. The summed E-state index contributed by atoms with van der Waals surface area (Å²) < 4.78 is 8.66. The molecule has 0 spiro atoms. The molecule has 0 aliphatic carbocycles. The summed E-state index contributed by atoms with van der Waals surface area (Å²) in [6.07, 6.45) is 3.11. The topological polar surface area (TPSA) is 82.2 Å². The maximum Gasteiger partial charge on any atom is 0.101 e. The van der Waals surface area contributed by atoms with Crippen LogP contribution in [0.5, 0.6) is 0 Å². The van der Waals surface area contributed by atoms with E-state index in [1.54, 1.807) is 6.20 Å². The summed E-state index contributed by atoms with van der Waals surface area (Å²) in [7, 11) is 0. The molecule has 0 bridgehead atoms. The minimum absolute atomic E-state index is 0.143. The zero-order valence-electron chi connectivity index (χ0n) is 19.9. The molecule has 6 rings (SSSR count). The Bertz CT molecular complexity index is 1260. The van der Waals surface area contributed by atoms with E-state index in [0.717, 1.165) is 68.8 Å². The number of fused-ring (bicyclic) bond motifs is 2. The number of morpholine rings is 1. The van der Waals surface area contributed by atoms with Gasteiger partial charge in [-0.05, 0) is 38.1 Å². The van der Waals surface area contributed by atoms with Crippen LogP contribution in [-0.4, -0.2) is 71.1 Å². The zero-order valence-corrected chi connectivity index (χ0v) is 19.9. The quantitative estimate of drug-likeness (QED) is 0.644. The van der Waals surface area contributed by atoms with E-state index in [-0.39, 0.29) is 12.2 Å². The lowest BCUT2D eigenvalue weighted by Gasteiger charge is -2.45. The van der Waals surface area contributed by atoms with Gasteiger partial charge in [0.2, 0.25) is 0 Å². The van der Waals surface area contributed by atoms with Crippen molar-refractivity contribution in [2.75, 3.05) is 44.2 Å². The van der Waals surface area contributed by atoms with Crippen LogP contribution in [0.3, 0.4) is 0 Å². The molecule has 1 aromatic carbocycles. The summed E-state index contributed by atoms with van der Waals surface area (Å²) in [6.45, 7) is 10.9. The highest BCUT2D eigenvalue weighted by atomic mass is 16.5. The van der Waals surface area contributed by atoms with Crippen LogP contribution < -0.4 is 10.2 Å². The SMILES string of the molecule is Cc1nn(C2CN(C[C@H]3CN(c4ccc(C#N)c5ncccc45)C[C@@H](C)O3)C2)c2c1CNCC2. The van der Waals surface area contributed by atoms with Gasteiger partial charge in [0.1, 0.15) is 6.07 Å². The number of ether oxygens (including phenoxy) is 1. The van der Waals surface area contributed by atoms with Crippen molar-refractivity contribution in [3.05, 3.63) is 53.0 Å². The smallest absolute Gasteiger partial charge is 0.101 e. The van der Waals surface area contributed by atoms with Crippen molar-refractivity contribution in [1.82, 2.24) is 25.0 Å². The highest BCUT2D eigenvalue weighted by Gasteiger charge is 2.35. The number of hydrogen-bond acceptors (Lipinski definition) is 7. The molecule has 176 valence electrons. The molecule has 2 aromatic heterocycles. The molecule has 0 amide bonds. The van der Waals surface area contributed by atoms with E-state index >= 15 is 0 Å². The third kappa shape index (κ3) is 3.74. The second-order valence-corrected chi connectivity index (χ2v) is 9.87. The van der Waals surface area contributed by atoms with Crippen molar-refractivity contribution in [1.29, 1.82) is 5.26 Å². The Balaban J connectivity index is 1.15. The number of aromatic nitrogens is 3. The van der Waals surface area contributed by atoms with Gasteiger partial charge in [0.15, 0.2) is 0 Å². The Morgan fingerprint density at radius 1 is 1.21 bits per heavy atom. The molecule has 0 saturated carbocycles. The lowest BCUT2D eigenvalue weighted by atomic mass is 10.0. The number of benzene rings is 1. The summed E-state index contributed by atoms with van der Waals surface area (Å²) in [5.41, 5.74) is 6.53. The molecular formula is C26H31N7O. The van der Waals surface area contributed by atoms with Crippen LogP contribution in [-0.2, 0) is 17.7 Å². The molecule has 2 atom stereocenters. The van der Waals surface area contributed by atoms with Crippen LogP contribution in [0.2, 0.25) is 0 Å². The van der Waals surface area contributed by atoms with Gasteiger partial charge in [-0.1, -0.05) is 0 Å². The Morgan fingerprint density at radius 3 is 2.94 bits per heavy atom. The fourth-order valence-corrected chi connectivity index (χ4v) is 5.85. The maximum atomic E-state index is 9.49. The third-order valence-electron chi connectivity index (χ3n) is 7.44. The minimum Gasteiger partial charge on any atom is -0.370 e. The van der Waals surface area contributed by atoms with Crippen molar-refractivity contribution in [2.45, 2.75) is 45.1 Å². The average Bonchev–Trinajstić information content (AvgIpc) is 3.16. The number of anilines is 1. The monoisotopic (exact) mass is 457 g/mol. The van der Waals surface area contributed by atoms with Crippen molar-refractivity contribution in [3.8, 4) is 6.07 Å². The summed E-state index contributed by atoms with van der Waals surface area (Å²) in [5.74, 6) is 0. The predicted octanol–water partition coefficient (Wildman–Crippen LogP) is 2.41. The van der Waals surface area contributed by atoms with E-state index in [0.29, 0.717) is 11.6 Å². The van der Waals surface area contributed by atoms with Crippen LogP contribution in [0.1, 0.15) is 35.5 Å². The average molecular weight is 458 g/mol. The van der Waals surface area contributed by atoms with Gasteiger partial charge in [-0.25, -0.2) is 0 Å². The third-order valence-corrected chi connectivity index (χ3v) is 7.44. The van der Waals surface area contributed by atoms with E-state index < -0.39 is 0 Å². The van der Waals surface area contributed by atoms with E-state index in [1.807, 2.05) is 12.1 Å². The predicted molar refractivity (Wildman–Crippen MR) is 131 cm³/mol. The first kappa shape index (κ1) is 21.5. The fourth-order valence-electron chi connectivity index (χ4n) is 5.85. The van der Waals surface area contributed by atoms with E-state index in [2.05, 4.69) is 56.8 Å². The maximum absolute atomic E-state index is 9.49. The molecule has 3 aliphatic heterocycles. The lowest BCUT2D eigenvalue weighted by molar-refractivity contribution is -0.0491. The normalized spacial score (nSPS) is 23.5. The van der Waals surface area contributed by atoms with Gasteiger partial charge in [-0.2, -0.15) is 10.4 Å². The molecule has 3 aliphatic rings. The van der Waals surface area contributed by atoms with Crippen molar-refractivity contribution >= 4 is 16.6 Å². The number of nitrogens with zero attached hydrogens (tertiary/aromatic N) is 6. The van der Waals surface area contributed by atoms with E-state index in [9.17, 15) is 5.26 Å². The lowest BCUT2D eigenvalue weighted by Crippen LogP contribution is -2.56. The molecule has 3 aromatic rings. The van der Waals surface area contributed by atoms with Crippen LogP contribution in [0.4, 0.5) is 5.69 Å². The fraction of sp³-hybridized carbons (Fsp3) is 0.500. The molecule has 0 unspecified atom stereocenters. The largest absolute Gasteiger partial charge is 0.370 e. The van der Waals surface area contributed by atoms with Gasteiger partial charge in [0.05, 0.1) is 35.0 Å². The number of likely N-dealkylation sites (tertiary alicyclic amines) is 1. The van der Waals surface area contributed by atoms with Gasteiger partial charge in [-0.3, -0.25) is 14.6 Å². The van der Waals surface area contributed by atoms with Crippen molar-refractivity contribution in [3.63, 3.8) is 0 Å². The molecular weight excluding hydrogens is 426 g/mol. The van der Waals surface area contributed by atoms with E-state index in [1.165, 1.54) is 17.0 Å². The highest BCUT2D eigenvalue weighted by molar-refractivity contribution is 5.95. The first-order valence-corrected chi connectivity index (χ1v) is 12.3. The number of aryl methyl sites for hydroxylation is 1. The van der Waals surface area contributed by atoms with Crippen molar-refractivity contribution < 1.29 is 4.74 Å². The van der Waals surface area contributed by atoms with Crippen LogP contribution >= 0.6 is 0 Å². The number of rotatable bonds is 4. The molecule has 0 radical (unpaired) electrons. The Labute approximate surface area is 200 Å². The summed E-state index contributed by atoms with van der Waals surface area (Å²) in [6, 6.07) is 10.7. The van der Waals surface area contributed by atoms with Gasteiger partial charge < -0.3 is 15.0 Å². The molecule has 2 fully saturated rings. The minimum atomic E-state index is 0.143. The molecule has 2 saturated heterocycles. The van der Waals surface area contributed by atoms with Gasteiger partial charge in [-0.15, -0.1) is 0 Å². The summed E-state index contributed by atoms with van der Waals surface area (Å²) in [4.78, 5) is 9.38. The number of pyridine rings is 1. The number of hydrogen-bond donors (Lipinski definition) is 1. The molecule has 34 heavy (non-hydrogen) atoms. The number of nitrogens with one attached hydrogen (secondary N) is 1. The first-order chi connectivity index (χ1) is 16.6. The molecule has 5 heterocycles. The Morgan fingerprint density at radius 2 is 2.09 bits per heavy atom. The first-order valence-electron chi connectivity index (χ1n) is 12.3. The van der Waals surface area contributed by atoms with Gasteiger partial charge in [0.25, 0.3) is 0 Å². The van der Waals surface area contributed by atoms with Gasteiger partial charge >= 0.3 is 0 Å². The second-order valence-electron chi connectivity index (χ2n) is 9.87. The van der Waals surface area contributed by atoms with Crippen molar-refractivity contribution in [2.24, 2.45) is 0 Å². The zero-order chi connectivity index (χ0) is 23.2. The van der Waals surface area contributed by atoms with Crippen LogP contribution in [0.15, 0.2) is 30.5 Å². The summed E-state index contributed by atoms with van der Waals surface area (Å²) in [5, 5.41) is 18.9.